The SMILES string of the molecule is O=C(CSCc1ccccc1)NCc1ccccc1-c1ccsc1. The molecule has 1 N–H and O–H groups in total. The van der Waals surface area contributed by atoms with Gasteiger partial charge in [-0.15, -0.1) is 11.8 Å². The van der Waals surface area contributed by atoms with Crippen LogP contribution in [0.3, 0.4) is 0 Å². The van der Waals surface area contributed by atoms with Crippen LogP contribution in [0.2, 0.25) is 0 Å². The number of thioether (sulfide) groups is 1. The minimum atomic E-state index is 0.0797. The molecule has 0 bridgehead atoms. The number of carbonyl (C=O) groups excluding carboxylic acids is 1. The summed E-state index contributed by atoms with van der Waals surface area (Å²) < 4.78 is 0. The zero-order valence-electron chi connectivity index (χ0n) is 13.3. The zero-order chi connectivity index (χ0) is 16.6. The van der Waals surface area contributed by atoms with Gasteiger partial charge in [0.15, 0.2) is 0 Å². The van der Waals surface area contributed by atoms with Gasteiger partial charge in [0.05, 0.1) is 5.75 Å². The second kappa shape index (κ2) is 8.71. The second-order valence-corrected chi connectivity index (χ2v) is 7.19. The fourth-order valence-corrected chi connectivity index (χ4v) is 3.93. The van der Waals surface area contributed by atoms with Crippen molar-refractivity contribution in [2.45, 2.75) is 12.3 Å². The Morgan fingerprint density at radius 1 is 1.00 bits per heavy atom. The largest absolute Gasteiger partial charge is 0.351 e. The van der Waals surface area contributed by atoms with E-state index < -0.39 is 0 Å². The van der Waals surface area contributed by atoms with Gasteiger partial charge in [-0.1, -0.05) is 54.6 Å². The van der Waals surface area contributed by atoms with Crippen LogP contribution in [0.4, 0.5) is 0 Å². The summed E-state index contributed by atoms with van der Waals surface area (Å²) in [5, 5.41) is 7.24. The van der Waals surface area contributed by atoms with E-state index in [1.54, 1.807) is 23.1 Å². The first-order valence-corrected chi connectivity index (χ1v) is 9.91. The van der Waals surface area contributed by atoms with Crippen molar-refractivity contribution in [2.75, 3.05) is 5.75 Å². The summed E-state index contributed by atoms with van der Waals surface area (Å²) in [5.41, 5.74) is 4.80. The third-order valence-electron chi connectivity index (χ3n) is 3.67. The summed E-state index contributed by atoms with van der Waals surface area (Å²) in [6, 6.07) is 20.6. The van der Waals surface area contributed by atoms with Gasteiger partial charge in [-0.05, 0) is 39.1 Å². The first-order valence-electron chi connectivity index (χ1n) is 7.82. The quantitative estimate of drug-likeness (QED) is 0.650. The van der Waals surface area contributed by atoms with Crippen molar-refractivity contribution in [3.8, 4) is 11.1 Å². The molecule has 0 aliphatic carbocycles. The zero-order valence-corrected chi connectivity index (χ0v) is 14.9. The highest BCUT2D eigenvalue weighted by molar-refractivity contribution is 7.99. The average molecular weight is 354 g/mol. The number of carbonyl (C=O) groups is 1. The summed E-state index contributed by atoms with van der Waals surface area (Å²) in [6.07, 6.45) is 0. The fraction of sp³-hybridized carbons (Fsp3) is 0.150. The Kier molecular flexibility index (Phi) is 6.10. The summed E-state index contributed by atoms with van der Waals surface area (Å²) >= 11 is 3.33. The van der Waals surface area contributed by atoms with Gasteiger partial charge < -0.3 is 5.32 Å². The van der Waals surface area contributed by atoms with Crippen LogP contribution in [-0.2, 0) is 17.1 Å². The molecule has 1 aromatic heterocycles. The second-order valence-electron chi connectivity index (χ2n) is 5.42. The van der Waals surface area contributed by atoms with Crippen LogP contribution in [0.15, 0.2) is 71.4 Å². The monoisotopic (exact) mass is 353 g/mol. The Balaban J connectivity index is 1.50. The number of benzene rings is 2. The third kappa shape index (κ3) is 4.73. The molecule has 2 nitrogen and oxygen atoms in total. The van der Waals surface area contributed by atoms with Gasteiger partial charge in [0.2, 0.25) is 5.91 Å². The van der Waals surface area contributed by atoms with E-state index >= 15 is 0 Å². The van der Waals surface area contributed by atoms with Gasteiger partial charge in [0.1, 0.15) is 0 Å². The Morgan fingerprint density at radius 3 is 2.58 bits per heavy atom. The van der Waals surface area contributed by atoms with E-state index in [4.69, 9.17) is 0 Å². The van der Waals surface area contributed by atoms with Crippen LogP contribution in [-0.4, -0.2) is 11.7 Å². The molecule has 0 spiro atoms. The Bertz CT molecular complexity index is 769. The highest BCUT2D eigenvalue weighted by Crippen LogP contribution is 2.25. The van der Waals surface area contributed by atoms with E-state index in [9.17, 15) is 4.79 Å². The van der Waals surface area contributed by atoms with Gasteiger partial charge in [-0.25, -0.2) is 0 Å². The highest BCUT2D eigenvalue weighted by atomic mass is 32.2. The molecule has 122 valence electrons. The number of rotatable bonds is 7. The van der Waals surface area contributed by atoms with E-state index in [2.05, 4.69) is 46.4 Å². The lowest BCUT2D eigenvalue weighted by Crippen LogP contribution is -2.24. The predicted octanol–water partition coefficient (Wildman–Crippen LogP) is 4.96. The van der Waals surface area contributed by atoms with Gasteiger partial charge in [-0.3, -0.25) is 4.79 Å². The molecule has 0 aliphatic heterocycles. The summed E-state index contributed by atoms with van der Waals surface area (Å²) in [5.74, 6) is 1.42. The summed E-state index contributed by atoms with van der Waals surface area (Å²) in [6.45, 7) is 0.566. The van der Waals surface area contributed by atoms with Crippen molar-refractivity contribution in [1.29, 1.82) is 0 Å². The van der Waals surface area contributed by atoms with Crippen LogP contribution < -0.4 is 5.32 Å². The average Bonchev–Trinajstić information content (AvgIpc) is 3.16. The maximum atomic E-state index is 12.1. The van der Waals surface area contributed by atoms with E-state index in [1.807, 2.05) is 30.3 Å². The molecular formula is C20H19NOS2. The number of thiophene rings is 1. The number of hydrogen-bond acceptors (Lipinski definition) is 3. The molecule has 0 atom stereocenters. The van der Waals surface area contributed by atoms with Crippen LogP contribution >= 0.6 is 23.1 Å². The molecule has 0 fully saturated rings. The van der Waals surface area contributed by atoms with E-state index in [1.165, 1.54) is 16.7 Å². The van der Waals surface area contributed by atoms with E-state index in [0.29, 0.717) is 12.3 Å². The molecule has 1 heterocycles. The molecule has 4 heteroatoms. The maximum absolute atomic E-state index is 12.1. The summed E-state index contributed by atoms with van der Waals surface area (Å²) in [7, 11) is 0. The van der Waals surface area contributed by atoms with Crippen molar-refractivity contribution in [3.05, 3.63) is 82.6 Å². The van der Waals surface area contributed by atoms with Gasteiger partial charge in [0, 0.05) is 12.3 Å². The predicted molar refractivity (Wildman–Crippen MR) is 104 cm³/mol. The summed E-state index contributed by atoms with van der Waals surface area (Å²) in [4.78, 5) is 12.1. The van der Waals surface area contributed by atoms with Crippen molar-refractivity contribution in [2.24, 2.45) is 0 Å². The van der Waals surface area contributed by atoms with Crippen LogP contribution in [0.1, 0.15) is 11.1 Å². The lowest BCUT2D eigenvalue weighted by Gasteiger charge is -2.10. The lowest BCUT2D eigenvalue weighted by atomic mass is 10.0. The minimum absolute atomic E-state index is 0.0797. The van der Waals surface area contributed by atoms with Gasteiger partial charge in [0.25, 0.3) is 0 Å². The van der Waals surface area contributed by atoms with Crippen molar-refractivity contribution in [1.82, 2.24) is 5.32 Å². The molecule has 3 aromatic rings. The fourth-order valence-electron chi connectivity index (χ4n) is 2.45. The molecule has 3 rings (SSSR count). The molecule has 0 aliphatic rings. The van der Waals surface area contributed by atoms with E-state index in [0.717, 1.165) is 11.3 Å². The number of nitrogens with one attached hydrogen (secondary N) is 1. The van der Waals surface area contributed by atoms with Crippen LogP contribution in [0.5, 0.6) is 0 Å². The highest BCUT2D eigenvalue weighted by Gasteiger charge is 2.07. The van der Waals surface area contributed by atoms with Gasteiger partial charge >= 0.3 is 0 Å². The van der Waals surface area contributed by atoms with E-state index in [-0.39, 0.29) is 5.91 Å². The van der Waals surface area contributed by atoms with Crippen LogP contribution in [0.25, 0.3) is 11.1 Å². The minimum Gasteiger partial charge on any atom is -0.351 e. The maximum Gasteiger partial charge on any atom is 0.230 e. The molecule has 0 saturated heterocycles. The molecular weight excluding hydrogens is 334 g/mol. The number of hydrogen-bond donors (Lipinski definition) is 1. The number of amides is 1. The standard InChI is InChI=1S/C20H19NOS2/c22-20(15-24-13-16-6-2-1-3-7-16)21-12-17-8-4-5-9-19(17)18-10-11-23-14-18/h1-11,14H,12-13,15H2,(H,21,22). The van der Waals surface area contributed by atoms with Crippen molar-refractivity contribution >= 4 is 29.0 Å². The molecule has 0 radical (unpaired) electrons. The Morgan fingerprint density at radius 2 is 1.79 bits per heavy atom. The molecule has 0 saturated carbocycles. The van der Waals surface area contributed by atoms with Crippen LogP contribution in [0, 0.1) is 0 Å². The normalized spacial score (nSPS) is 10.5. The Hall–Kier alpha value is -2.04. The smallest absolute Gasteiger partial charge is 0.230 e. The molecule has 24 heavy (non-hydrogen) atoms. The molecule has 1 amide bonds. The molecule has 2 aromatic carbocycles. The first-order chi connectivity index (χ1) is 11.8. The first kappa shape index (κ1) is 16.8. The molecule has 0 unspecified atom stereocenters. The Labute approximate surface area is 150 Å². The van der Waals surface area contributed by atoms with Crippen molar-refractivity contribution < 1.29 is 4.79 Å². The van der Waals surface area contributed by atoms with Crippen molar-refractivity contribution in [3.63, 3.8) is 0 Å². The lowest BCUT2D eigenvalue weighted by molar-refractivity contribution is -0.118. The third-order valence-corrected chi connectivity index (χ3v) is 5.36. The van der Waals surface area contributed by atoms with Gasteiger partial charge in [-0.2, -0.15) is 11.3 Å². The topological polar surface area (TPSA) is 29.1 Å².